The number of anilines is 1. The Labute approximate surface area is 103 Å². The lowest BCUT2D eigenvalue weighted by atomic mass is 10.1. The second-order valence-corrected chi connectivity index (χ2v) is 3.86. The van der Waals surface area contributed by atoms with Gasteiger partial charge in [0.1, 0.15) is 12.2 Å². The van der Waals surface area contributed by atoms with Crippen molar-refractivity contribution in [1.29, 1.82) is 0 Å². The van der Waals surface area contributed by atoms with Crippen molar-refractivity contribution in [3.8, 4) is 0 Å². The van der Waals surface area contributed by atoms with Crippen LogP contribution in [0.1, 0.15) is 17.3 Å². The third-order valence-electron chi connectivity index (χ3n) is 2.68. The highest BCUT2D eigenvalue weighted by Gasteiger charge is 2.33. The quantitative estimate of drug-likeness (QED) is 0.634. The smallest absolute Gasteiger partial charge is 0.335 e. The molecule has 1 atom stereocenters. The Balaban J connectivity index is 2.31. The number of aldehydes is 1. The van der Waals surface area contributed by atoms with Gasteiger partial charge in [-0.2, -0.15) is 10.1 Å². The van der Waals surface area contributed by atoms with Gasteiger partial charge in [-0.15, -0.1) is 0 Å². The first-order valence-corrected chi connectivity index (χ1v) is 5.22. The molecule has 0 bridgehead atoms. The van der Waals surface area contributed by atoms with Crippen LogP contribution in [0.3, 0.4) is 0 Å². The molecule has 1 aromatic carbocycles. The Morgan fingerprint density at radius 1 is 1.39 bits per heavy atom. The van der Waals surface area contributed by atoms with Gasteiger partial charge in [-0.3, -0.25) is 4.79 Å². The van der Waals surface area contributed by atoms with E-state index >= 15 is 0 Å². The second-order valence-electron chi connectivity index (χ2n) is 3.86. The fourth-order valence-corrected chi connectivity index (χ4v) is 1.67. The number of benzene rings is 1. The summed E-state index contributed by atoms with van der Waals surface area (Å²) in [5.74, 6) is -2.31. The van der Waals surface area contributed by atoms with Crippen molar-refractivity contribution in [2.75, 3.05) is 5.01 Å². The van der Waals surface area contributed by atoms with Gasteiger partial charge in [-0.25, -0.2) is 4.79 Å². The van der Waals surface area contributed by atoms with Crippen LogP contribution in [0.4, 0.5) is 5.69 Å². The largest absolute Gasteiger partial charge is 0.478 e. The van der Waals surface area contributed by atoms with Crippen molar-refractivity contribution in [3.63, 3.8) is 0 Å². The monoisotopic (exact) mass is 246 g/mol. The molecule has 1 heterocycles. The number of hydrazone groups is 1. The number of hydrogen-bond donors (Lipinski definition) is 1. The number of amides is 1. The highest BCUT2D eigenvalue weighted by molar-refractivity contribution is 6.22. The molecule has 0 aromatic heterocycles. The van der Waals surface area contributed by atoms with E-state index in [-0.39, 0.29) is 5.56 Å². The molecule has 2 rings (SSSR count). The van der Waals surface area contributed by atoms with Crippen LogP contribution in [0.2, 0.25) is 0 Å². The molecule has 0 spiro atoms. The van der Waals surface area contributed by atoms with Gasteiger partial charge in [0.2, 0.25) is 0 Å². The second kappa shape index (κ2) is 4.40. The van der Waals surface area contributed by atoms with Crippen LogP contribution in [0.15, 0.2) is 29.4 Å². The molecule has 0 aliphatic carbocycles. The summed E-state index contributed by atoms with van der Waals surface area (Å²) in [6, 6.07) is 5.71. The molecule has 92 valence electrons. The minimum Gasteiger partial charge on any atom is -0.478 e. The van der Waals surface area contributed by atoms with Crippen LogP contribution in [0, 0.1) is 5.92 Å². The van der Waals surface area contributed by atoms with E-state index in [1.807, 2.05) is 0 Å². The number of hydrogen-bond acceptors (Lipinski definition) is 4. The number of aromatic carboxylic acids is 1. The first kappa shape index (κ1) is 12.0. The lowest BCUT2D eigenvalue weighted by Crippen LogP contribution is -2.27. The Bertz CT molecular complexity index is 548. The standard InChI is InChI=1S/C12H10N2O4/c1-7-10(6-15)11(16)14(13-7)9-4-2-8(3-5-9)12(17)18/h2-6,10H,1H3,(H,17,18). The van der Waals surface area contributed by atoms with Crippen LogP contribution in [0.5, 0.6) is 0 Å². The van der Waals surface area contributed by atoms with Gasteiger partial charge in [0.05, 0.1) is 17.0 Å². The number of carboxylic acid groups (broad SMARTS) is 1. The normalized spacial score (nSPS) is 18.7. The number of nitrogens with zero attached hydrogens (tertiary/aromatic N) is 2. The third-order valence-corrected chi connectivity index (χ3v) is 2.68. The average molecular weight is 246 g/mol. The van der Waals surface area contributed by atoms with Gasteiger partial charge in [0.15, 0.2) is 0 Å². The van der Waals surface area contributed by atoms with Crippen LogP contribution in [0.25, 0.3) is 0 Å². The van der Waals surface area contributed by atoms with E-state index in [1.165, 1.54) is 24.3 Å². The third kappa shape index (κ3) is 1.88. The van der Waals surface area contributed by atoms with Crippen LogP contribution in [-0.2, 0) is 9.59 Å². The zero-order chi connectivity index (χ0) is 13.3. The fourth-order valence-electron chi connectivity index (χ4n) is 1.67. The average Bonchev–Trinajstić information content (AvgIpc) is 2.64. The first-order valence-electron chi connectivity index (χ1n) is 5.22. The summed E-state index contributed by atoms with van der Waals surface area (Å²) in [4.78, 5) is 33.3. The number of carbonyl (C=O) groups is 3. The van der Waals surface area contributed by atoms with Crippen molar-refractivity contribution in [2.45, 2.75) is 6.92 Å². The summed E-state index contributed by atoms with van der Waals surface area (Å²) in [6.07, 6.45) is 0.548. The van der Waals surface area contributed by atoms with Gasteiger partial charge in [-0.1, -0.05) is 0 Å². The molecule has 0 fully saturated rings. The molecule has 0 saturated heterocycles. The van der Waals surface area contributed by atoms with Crippen molar-refractivity contribution >= 4 is 29.6 Å². The van der Waals surface area contributed by atoms with Crippen LogP contribution < -0.4 is 5.01 Å². The highest BCUT2D eigenvalue weighted by Crippen LogP contribution is 2.23. The first-order chi connectivity index (χ1) is 8.54. The Hall–Kier alpha value is -2.50. The van der Waals surface area contributed by atoms with Gasteiger partial charge >= 0.3 is 5.97 Å². The van der Waals surface area contributed by atoms with E-state index in [1.54, 1.807) is 6.92 Å². The van der Waals surface area contributed by atoms with E-state index in [9.17, 15) is 14.4 Å². The Morgan fingerprint density at radius 3 is 2.44 bits per heavy atom. The van der Waals surface area contributed by atoms with Crippen LogP contribution in [-0.4, -0.2) is 29.0 Å². The Kier molecular flexibility index (Phi) is 2.93. The number of rotatable bonds is 3. The lowest BCUT2D eigenvalue weighted by Gasteiger charge is -2.12. The molecule has 0 radical (unpaired) electrons. The minimum absolute atomic E-state index is 0.123. The van der Waals surface area contributed by atoms with E-state index in [2.05, 4.69) is 5.10 Å². The molecule has 18 heavy (non-hydrogen) atoms. The maximum absolute atomic E-state index is 11.8. The molecular weight excluding hydrogens is 236 g/mol. The van der Waals surface area contributed by atoms with Crippen molar-refractivity contribution in [1.82, 2.24) is 0 Å². The molecule has 1 unspecified atom stereocenters. The molecule has 1 amide bonds. The summed E-state index contributed by atoms with van der Waals surface area (Å²) in [6.45, 7) is 1.60. The molecule has 1 aliphatic heterocycles. The van der Waals surface area contributed by atoms with E-state index in [0.29, 0.717) is 17.7 Å². The van der Waals surface area contributed by atoms with Gasteiger partial charge < -0.3 is 9.90 Å². The molecule has 6 heteroatoms. The van der Waals surface area contributed by atoms with E-state index < -0.39 is 17.8 Å². The summed E-state index contributed by atoms with van der Waals surface area (Å²) in [7, 11) is 0. The molecule has 1 aromatic rings. The molecule has 6 nitrogen and oxygen atoms in total. The number of carbonyl (C=O) groups excluding carboxylic acids is 2. The van der Waals surface area contributed by atoms with E-state index in [0.717, 1.165) is 5.01 Å². The minimum atomic E-state index is -1.04. The predicted molar refractivity (Wildman–Crippen MR) is 63.6 cm³/mol. The highest BCUT2D eigenvalue weighted by atomic mass is 16.4. The van der Waals surface area contributed by atoms with Crippen molar-refractivity contribution in [3.05, 3.63) is 29.8 Å². The summed E-state index contributed by atoms with van der Waals surface area (Å²) in [5.41, 5.74) is 0.990. The lowest BCUT2D eigenvalue weighted by molar-refractivity contribution is -0.123. The number of carboxylic acids is 1. The Morgan fingerprint density at radius 2 is 2.00 bits per heavy atom. The summed E-state index contributed by atoms with van der Waals surface area (Å²) < 4.78 is 0. The van der Waals surface area contributed by atoms with Gasteiger partial charge in [0, 0.05) is 0 Å². The van der Waals surface area contributed by atoms with Crippen molar-refractivity contribution < 1.29 is 19.5 Å². The zero-order valence-electron chi connectivity index (χ0n) is 9.53. The summed E-state index contributed by atoms with van der Waals surface area (Å²) in [5, 5.41) is 13.9. The van der Waals surface area contributed by atoms with Gasteiger partial charge in [-0.05, 0) is 31.2 Å². The topological polar surface area (TPSA) is 87.0 Å². The molecule has 1 aliphatic rings. The predicted octanol–water partition coefficient (Wildman–Crippen LogP) is 0.922. The van der Waals surface area contributed by atoms with E-state index in [4.69, 9.17) is 5.11 Å². The molecule has 0 saturated carbocycles. The molecule has 1 N–H and O–H groups in total. The maximum Gasteiger partial charge on any atom is 0.335 e. The van der Waals surface area contributed by atoms with Crippen molar-refractivity contribution in [2.24, 2.45) is 11.0 Å². The SMILES string of the molecule is CC1=NN(c2ccc(C(=O)O)cc2)C(=O)C1C=O. The van der Waals surface area contributed by atoms with Gasteiger partial charge in [0.25, 0.3) is 5.91 Å². The zero-order valence-corrected chi connectivity index (χ0v) is 9.53. The maximum atomic E-state index is 11.8. The van der Waals surface area contributed by atoms with Crippen LogP contribution >= 0.6 is 0 Å². The molecular formula is C12H10N2O4. The summed E-state index contributed by atoms with van der Waals surface area (Å²) >= 11 is 0. The fraction of sp³-hybridized carbons (Fsp3) is 0.167.